The van der Waals surface area contributed by atoms with E-state index in [0.29, 0.717) is 13.0 Å². The van der Waals surface area contributed by atoms with Gasteiger partial charge in [-0.2, -0.15) is 0 Å². The van der Waals surface area contributed by atoms with Crippen LogP contribution in [0.2, 0.25) is 0 Å². The average molecular weight is 283 g/mol. The highest BCUT2D eigenvalue weighted by Gasteiger charge is 2.06. The van der Waals surface area contributed by atoms with E-state index in [2.05, 4.69) is 12.2 Å². The fourth-order valence-corrected chi connectivity index (χ4v) is 2.20. The molecule has 0 aromatic heterocycles. The predicted octanol–water partition coefficient (Wildman–Crippen LogP) is 3.83. The molecule has 21 heavy (non-hydrogen) atoms. The van der Waals surface area contributed by atoms with E-state index in [1.807, 2.05) is 55.5 Å². The molecule has 0 saturated carbocycles. The van der Waals surface area contributed by atoms with Crippen molar-refractivity contribution in [3.8, 4) is 5.75 Å². The Hall–Kier alpha value is -2.29. The smallest absolute Gasteiger partial charge is 0.228 e. The summed E-state index contributed by atoms with van der Waals surface area (Å²) in [5.74, 6) is 0.832. The van der Waals surface area contributed by atoms with Gasteiger partial charge in [-0.15, -0.1) is 0 Å². The number of hydrogen-bond acceptors (Lipinski definition) is 2. The first-order valence-corrected chi connectivity index (χ1v) is 7.32. The quantitative estimate of drug-likeness (QED) is 0.875. The van der Waals surface area contributed by atoms with E-state index in [0.717, 1.165) is 29.0 Å². The lowest BCUT2D eigenvalue weighted by molar-refractivity contribution is -0.115. The van der Waals surface area contributed by atoms with Crippen molar-refractivity contribution >= 4 is 11.6 Å². The van der Waals surface area contributed by atoms with Crippen molar-refractivity contribution in [1.29, 1.82) is 0 Å². The zero-order valence-electron chi connectivity index (χ0n) is 12.6. The summed E-state index contributed by atoms with van der Waals surface area (Å²) in [6, 6.07) is 15.5. The first-order valence-electron chi connectivity index (χ1n) is 7.32. The second-order valence-electron chi connectivity index (χ2n) is 4.81. The molecule has 0 fully saturated rings. The van der Waals surface area contributed by atoms with Gasteiger partial charge >= 0.3 is 0 Å². The van der Waals surface area contributed by atoms with Crippen molar-refractivity contribution in [1.82, 2.24) is 0 Å². The highest BCUT2D eigenvalue weighted by atomic mass is 16.5. The van der Waals surface area contributed by atoms with E-state index in [9.17, 15) is 4.79 Å². The third kappa shape index (κ3) is 4.35. The van der Waals surface area contributed by atoms with Crippen LogP contribution in [0.3, 0.4) is 0 Å². The topological polar surface area (TPSA) is 38.3 Å². The minimum Gasteiger partial charge on any atom is -0.494 e. The first-order chi connectivity index (χ1) is 10.2. The maximum atomic E-state index is 12.1. The van der Waals surface area contributed by atoms with Crippen LogP contribution in [0.1, 0.15) is 25.0 Å². The number of carbonyl (C=O) groups is 1. The summed E-state index contributed by atoms with van der Waals surface area (Å²) in [4.78, 5) is 12.1. The Labute approximate surface area is 126 Å². The molecule has 110 valence electrons. The lowest BCUT2D eigenvalue weighted by atomic mass is 10.1. The zero-order chi connectivity index (χ0) is 15.1. The van der Waals surface area contributed by atoms with Crippen LogP contribution in [0.5, 0.6) is 5.75 Å². The van der Waals surface area contributed by atoms with Gasteiger partial charge in [0, 0.05) is 5.69 Å². The van der Waals surface area contributed by atoms with Crippen LogP contribution in [0.25, 0.3) is 0 Å². The third-order valence-electron chi connectivity index (χ3n) is 3.27. The fraction of sp³-hybridized carbons (Fsp3) is 0.278. The molecule has 0 aliphatic heterocycles. The number of ether oxygens (including phenoxy) is 1. The normalized spacial score (nSPS) is 10.2. The number of carbonyl (C=O) groups excluding carboxylic acids is 1. The molecular formula is C18H21NO2. The Morgan fingerprint density at radius 2 is 1.76 bits per heavy atom. The van der Waals surface area contributed by atoms with Gasteiger partial charge in [0.25, 0.3) is 0 Å². The molecule has 0 saturated heterocycles. The Kier molecular flexibility index (Phi) is 5.38. The number of aryl methyl sites for hydroxylation is 1. The van der Waals surface area contributed by atoms with Crippen LogP contribution >= 0.6 is 0 Å². The third-order valence-corrected chi connectivity index (χ3v) is 3.27. The predicted molar refractivity (Wildman–Crippen MR) is 85.8 cm³/mol. The van der Waals surface area contributed by atoms with E-state index in [1.165, 1.54) is 0 Å². The molecule has 2 rings (SSSR count). The van der Waals surface area contributed by atoms with Crippen molar-refractivity contribution in [3.05, 3.63) is 59.7 Å². The van der Waals surface area contributed by atoms with Crippen molar-refractivity contribution in [2.24, 2.45) is 0 Å². The van der Waals surface area contributed by atoms with Crippen LogP contribution in [-0.4, -0.2) is 12.5 Å². The molecule has 0 aliphatic carbocycles. The van der Waals surface area contributed by atoms with E-state index in [-0.39, 0.29) is 5.91 Å². The first kappa shape index (κ1) is 15.1. The summed E-state index contributed by atoms with van der Waals surface area (Å²) in [6.45, 7) is 4.68. The molecule has 1 N–H and O–H groups in total. The summed E-state index contributed by atoms with van der Waals surface area (Å²) < 4.78 is 5.39. The molecule has 0 spiro atoms. The van der Waals surface area contributed by atoms with E-state index >= 15 is 0 Å². The number of hydrogen-bond donors (Lipinski definition) is 1. The van der Waals surface area contributed by atoms with Gasteiger partial charge in [0.2, 0.25) is 5.91 Å². The van der Waals surface area contributed by atoms with Crippen molar-refractivity contribution in [2.45, 2.75) is 26.7 Å². The summed E-state index contributed by atoms with van der Waals surface area (Å²) in [6.07, 6.45) is 1.27. The number of rotatable bonds is 6. The molecule has 2 aromatic carbocycles. The summed E-state index contributed by atoms with van der Waals surface area (Å²) in [5.41, 5.74) is 3.03. The van der Waals surface area contributed by atoms with Crippen LogP contribution in [0, 0.1) is 0 Å². The van der Waals surface area contributed by atoms with Gasteiger partial charge < -0.3 is 10.1 Å². The maximum Gasteiger partial charge on any atom is 0.228 e. The number of nitrogens with one attached hydrogen (secondary N) is 1. The van der Waals surface area contributed by atoms with Crippen LogP contribution in [0.15, 0.2) is 48.5 Å². The molecule has 0 bridgehead atoms. The minimum absolute atomic E-state index is 0.0000555. The molecule has 3 heteroatoms. The highest BCUT2D eigenvalue weighted by molar-refractivity contribution is 5.93. The van der Waals surface area contributed by atoms with Crippen molar-refractivity contribution in [2.75, 3.05) is 11.9 Å². The molecule has 0 unspecified atom stereocenters. The second-order valence-corrected chi connectivity index (χ2v) is 4.81. The Morgan fingerprint density at radius 3 is 2.43 bits per heavy atom. The summed E-state index contributed by atoms with van der Waals surface area (Å²) >= 11 is 0. The molecule has 0 heterocycles. The molecule has 1 amide bonds. The minimum atomic E-state index is 0.0000555. The Morgan fingerprint density at radius 1 is 1.05 bits per heavy atom. The highest BCUT2D eigenvalue weighted by Crippen LogP contribution is 2.17. The zero-order valence-corrected chi connectivity index (χ0v) is 12.6. The van der Waals surface area contributed by atoms with E-state index < -0.39 is 0 Å². The van der Waals surface area contributed by atoms with Gasteiger partial charge in [0.15, 0.2) is 0 Å². The van der Waals surface area contributed by atoms with Crippen molar-refractivity contribution in [3.63, 3.8) is 0 Å². The molecule has 2 aromatic rings. The van der Waals surface area contributed by atoms with Crippen LogP contribution < -0.4 is 10.1 Å². The Bertz CT molecular complexity index is 590. The van der Waals surface area contributed by atoms with Gasteiger partial charge in [-0.05, 0) is 42.7 Å². The summed E-state index contributed by atoms with van der Waals surface area (Å²) in [7, 11) is 0. The fourth-order valence-electron chi connectivity index (χ4n) is 2.20. The largest absolute Gasteiger partial charge is 0.494 e. The SMILES string of the molecule is CCOc1ccc(CC(=O)Nc2ccccc2CC)cc1. The number of benzene rings is 2. The maximum absolute atomic E-state index is 12.1. The van der Waals surface area contributed by atoms with E-state index in [4.69, 9.17) is 4.74 Å². The van der Waals surface area contributed by atoms with Gasteiger partial charge in [0.05, 0.1) is 13.0 Å². The van der Waals surface area contributed by atoms with E-state index in [1.54, 1.807) is 0 Å². The monoisotopic (exact) mass is 283 g/mol. The number of para-hydroxylation sites is 1. The second kappa shape index (κ2) is 7.48. The van der Waals surface area contributed by atoms with Crippen molar-refractivity contribution < 1.29 is 9.53 Å². The van der Waals surface area contributed by atoms with Crippen LogP contribution in [0.4, 0.5) is 5.69 Å². The van der Waals surface area contributed by atoms with Gasteiger partial charge in [-0.1, -0.05) is 37.3 Å². The van der Waals surface area contributed by atoms with Gasteiger partial charge in [-0.25, -0.2) is 0 Å². The molecule has 0 radical (unpaired) electrons. The average Bonchev–Trinajstić information content (AvgIpc) is 2.50. The lowest BCUT2D eigenvalue weighted by Crippen LogP contribution is -2.15. The number of amides is 1. The Balaban J connectivity index is 1.98. The summed E-state index contributed by atoms with van der Waals surface area (Å²) in [5, 5.41) is 2.98. The van der Waals surface area contributed by atoms with Crippen LogP contribution in [-0.2, 0) is 17.6 Å². The number of anilines is 1. The molecule has 0 aliphatic rings. The lowest BCUT2D eigenvalue weighted by Gasteiger charge is -2.10. The van der Waals surface area contributed by atoms with Gasteiger partial charge in [0.1, 0.15) is 5.75 Å². The standard InChI is InChI=1S/C18H21NO2/c1-3-15-7-5-6-8-17(15)19-18(20)13-14-9-11-16(12-10-14)21-4-2/h5-12H,3-4,13H2,1-2H3,(H,19,20). The van der Waals surface area contributed by atoms with Gasteiger partial charge in [-0.3, -0.25) is 4.79 Å². The molecular weight excluding hydrogens is 262 g/mol. The molecule has 0 atom stereocenters. The molecule has 3 nitrogen and oxygen atoms in total.